The summed E-state index contributed by atoms with van der Waals surface area (Å²) in [4.78, 5) is 13.6. The molecule has 1 aliphatic heterocycles. The Morgan fingerprint density at radius 1 is 1.25 bits per heavy atom. The molecule has 3 rings (SSSR count). The molecule has 0 N–H and O–H groups in total. The van der Waals surface area contributed by atoms with E-state index in [4.69, 9.17) is 0 Å². The molecule has 2 aromatic rings. The van der Waals surface area contributed by atoms with Crippen molar-refractivity contribution in [2.45, 2.75) is 56.6 Å². The van der Waals surface area contributed by atoms with E-state index >= 15 is 0 Å². The van der Waals surface area contributed by atoms with Crippen molar-refractivity contribution in [3.05, 3.63) is 24.3 Å². The van der Waals surface area contributed by atoms with Crippen LogP contribution in [-0.4, -0.2) is 75.0 Å². The first-order valence-electron chi connectivity index (χ1n) is 9.49. The van der Waals surface area contributed by atoms with E-state index in [0.29, 0.717) is 26.1 Å². The van der Waals surface area contributed by atoms with Crippen LogP contribution in [0, 0.1) is 0 Å². The SMILES string of the molecule is CCn1cc(S(=O)(=O)N2CCCCC2CCn2cc(C(=O)N(C)C)nn2)cn1. The second kappa shape index (κ2) is 8.39. The van der Waals surface area contributed by atoms with E-state index in [1.54, 1.807) is 40.2 Å². The zero-order valence-corrected chi connectivity index (χ0v) is 17.3. The molecule has 2 aromatic heterocycles. The van der Waals surface area contributed by atoms with E-state index in [-0.39, 0.29) is 22.5 Å². The van der Waals surface area contributed by atoms with Gasteiger partial charge >= 0.3 is 0 Å². The molecule has 0 radical (unpaired) electrons. The molecule has 1 atom stereocenters. The van der Waals surface area contributed by atoms with Crippen LogP contribution in [0.15, 0.2) is 23.5 Å². The molecule has 3 heterocycles. The predicted octanol–water partition coefficient (Wildman–Crippen LogP) is 0.830. The summed E-state index contributed by atoms with van der Waals surface area (Å²) in [5.41, 5.74) is 0.283. The summed E-state index contributed by atoms with van der Waals surface area (Å²) in [6, 6.07) is -0.110. The molecule has 0 aliphatic carbocycles. The van der Waals surface area contributed by atoms with Gasteiger partial charge in [-0.1, -0.05) is 11.6 Å². The summed E-state index contributed by atoms with van der Waals surface area (Å²) in [6.07, 6.45) is 7.86. The van der Waals surface area contributed by atoms with Crippen LogP contribution in [0.3, 0.4) is 0 Å². The molecular formula is C17H27N7O3S. The number of rotatable bonds is 7. The molecule has 1 unspecified atom stereocenters. The fourth-order valence-corrected chi connectivity index (χ4v) is 5.06. The summed E-state index contributed by atoms with van der Waals surface area (Å²) in [6.45, 7) is 3.55. The van der Waals surface area contributed by atoms with Gasteiger partial charge in [-0.05, 0) is 26.2 Å². The number of sulfonamides is 1. The number of carbonyl (C=O) groups excluding carboxylic acids is 1. The largest absolute Gasteiger partial charge is 0.343 e. The van der Waals surface area contributed by atoms with Crippen LogP contribution in [0.2, 0.25) is 0 Å². The fourth-order valence-electron chi connectivity index (χ4n) is 3.38. The Hall–Kier alpha value is -2.27. The summed E-state index contributed by atoms with van der Waals surface area (Å²) < 4.78 is 31.0. The van der Waals surface area contributed by atoms with Gasteiger partial charge in [-0.25, -0.2) is 8.42 Å². The summed E-state index contributed by atoms with van der Waals surface area (Å²) >= 11 is 0. The zero-order chi connectivity index (χ0) is 20.3. The van der Waals surface area contributed by atoms with E-state index in [1.165, 1.54) is 11.1 Å². The maximum atomic E-state index is 13.1. The predicted molar refractivity (Wildman–Crippen MR) is 102 cm³/mol. The van der Waals surface area contributed by atoms with Crippen LogP contribution < -0.4 is 0 Å². The third-order valence-electron chi connectivity index (χ3n) is 4.97. The van der Waals surface area contributed by atoms with Crippen molar-refractivity contribution in [2.75, 3.05) is 20.6 Å². The third kappa shape index (κ3) is 4.25. The first-order chi connectivity index (χ1) is 13.3. The highest BCUT2D eigenvalue weighted by Gasteiger charge is 2.34. The van der Waals surface area contributed by atoms with Crippen molar-refractivity contribution in [2.24, 2.45) is 0 Å². The van der Waals surface area contributed by atoms with Crippen molar-refractivity contribution in [1.29, 1.82) is 0 Å². The van der Waals surface area contributed by atoms with Crippen LogP contribution >= 0.6 is 0 Å². The average Bonchev–Trinajstić information content (AvgIpc) is 3.35. The summed E-state index contributed by atoms with van der Waals surface area (Å²) in [5, 5.41) is 12.0. The molecule has 1 saturated heterocycles. The molecule has 11 heteroatoms. The first kappa shape index (κ1) is 20.5. The highest BCUT2D eigenvalue weighted by atomic mass is 32.2. The van der Waals surface area contributed by atoms with Gasteiger partial charge in [0.2, 0.25) is 10.0 Å². The zero-order valence-electron chi connectivity index (χ0n) is 16.5. The molecule has 28 heavy (non-hydrogen) atoms. The van der Waals surface area contributed by atoms with Crippen LogP contribution in [0.25, 0.3) is 0 Å². The lowest BCUT2D eigenvalue weighted by Crippen LogP contribution is -2.44. The molecule has 1 amide bonds. The monoisotopic (exact) mass is 409 g/mol. The minimum absolute atomic E-state index is 0.110. The van der Waals surface area contributed by atoms with E-state index in [2.05, 4.69) is 15.4 Å². The van der Waals surface area contributed by atoms with Crippen molar-refractivity contribution < 1.29 is 13.2 Å². The van der Waals surface area contributed by atoms with E-state index in [1.807, 2.05) is 6.92 Å². The third-order valence-corrected chi connectivity index (χ3v) is 6.87. The van der Waals surface area contributed by atoms with E-state index in [0.717, 1.165) is 19.3 Å². The number of piperidine rings is 1. The number of amides is 1. The Balaban J connectivity index is 1.71. The lowest BCUT2D eigenvalue weighted by Gasteiger charge is -2.34. The summed E-state index contributed by atoms with van der Waals surface area (Å²) in [5.74, 6) is -0.207. The molecular weight excluding hydrogens is 382 g/mol. The van der Waals surface area contributed by atoms with E-state index in [9.17, 15) is 13.2 Å². The van der Waals surface area contributed by atoms with Gasteiger partial charge in [0.05, 0.1) is 12.4 Å². The number of hydrogen-bond acceptors (Lipinski definition) is 6. The topological polar surface area (TPSA) is 106 Å². The lowest BCUT2D eigenvalue weighted by atomic mass is 10.0. The molecule has 10 nitrogen and oxygen atoms in total. The van der Waals surface area contributed by atoms with Crippen LogP contribution in [0.5, 0.6) is 0 Å². The molecule has 0 aromatic carbocycles. The van der Waals surface area contributed by atoms with Crippen molar-refractivity contribution >= 4 is 15.9 Å². The van der Waals surface area contributed by atoms with Crippen LogP contribution in [0.4, 0.5) is 0 Å². The normalized spacial score (nSPS) is 18.3. The molecule has 1 fully saturated rings. The number of nitrogens with zero attached hydrogens (tertiary/aromatic N) is 7. The van der Waals surface area contributed by atoms with Gasteiger partial charge in [-0.3, -0.25) is 14.2 Å². The Bertz CT molecular complexity index is 919. The Morgan fingerprint density at radius 3 is 2.71 bits per heavy atom. The van der Waals surface area contributed by atoms with Gasteiger partial charge in [0.25, 0.3) is 5.91 Å². The van der Waals surface area contributed by atoms with Gasteiger partial charge < -0.3 is 4.90 Å². The lowest BCUT2D eigenvalue weighted by molar-refractivity contribution is 0.0822. The van der Waals surface area contributed by atoms with Crippen LogP contribution in [-0.2, 0) is 23.1 Å². The Labute approximate surface area is 165 Å². The molecule has 0 spiro atoms. The maximum absolute atomic E-state index is 13.1. The van der Waals surface area contributed by atoms with Crippen molar-refractivity contribution in [3.8, 4) is 0 Å². The maximum Gasteiger partial charge on any atom is 0.275 e. The smallest absolute Gasteiger partial charge is 0.275 e. The minimum Gasteiger partial charge on any atom is -0.343 e. The average molecular weight is 410 g/mol. The van der Waals surface area contributed by atoms with Gasteiger partial charge in [-0.2, -0.15) is 9.40 Å². The molecule has 0 bridgehead atoms. The number of aryl methyl sites for hydroxylation is 2. The Morgan fingerprint density at radius 2 is 2.04 bits per heavy atom. The van der Waals surface area contributed by atoms with Crippen molar-refractivity contribution in [1.82, 2.24) is 34.0 Å². The van der Waals surface area contributed by atoms with Gasteiger partial charge in [0.15, 0.2) is 5.69 Å². The second-order valence-corrected chi connectivity index (χ2v) is 9.04. The molecule has 1 aliphatic rings. The highest BCUT2D eigenvalue weighted by Crippen LogP contribution is 2.27. The van der Waals surface area contributed by atoms with Gasteiger partial charge in [0.1, 0.15) is 4.90 Å². The quantitative estimate of drug-likeness (QED) is 0.671. The standard InChI is InChI=1S/C17H27N7O3S/c1-4-22-12-15(11-18-22)28(26,27)24-9-6-5-7-14(24)8-10-23-13-16(19-20-23)17(25)21(2)3/h11-14H,4-10H2,1-3H3. The van der Waals surface area contributed by atoms with E-state index < -0.39 is 10.0 Å². The van der Waals surface area contributed by atoms with Gasteiger partial charge in [-0.15, -0.1) is 5.10 Å². The number of aromatic nitrogens is 5. The second-order valence-electron chi connectivity index (χ2n) is 7.15. The van der Waals surface area contributed by atoms with Crippen LogP contribution in [0.1, 0.15) is 43.1 Å². The summed E-state index contributed by atoms with van der Waals surface area (Å²) in [7, 11) is -0.261. The van der Waals surface area contributed by atoms with Gasteiger partial charge in [0, 0.05) is 46.0 Å². The molecule has 0 saturated carbocycles. The Kier molecular flexibility index (Phi) is 6.14. The highest BCUT2D eigenvalue weighted by molar-refractivity contribution is 7.89. The molecule has 154 valence electrons. The number of carbonyl (C=O) groups is 1. The first-order valence-corrected chi connectivity index (χ1v) is 10.9. The van der Waals surface area contributed by atoms with Crippen molar-refractivity contribution in [3.63, 3.8) is 0 Å². The fraction of sp³-hybridized carbons (Fsp3) is 0.647. The minimum atomic E-state index is -3.58. The number of hydrogen-bond donors (Lipinski definition) is 0.